The van der Waals surface area contributed by atoms with Crippen molar-refractivity contribution >= 4 is 44.9 Å². The molecular formula is C19H17ClN2OS2. The summed E-state index contributed by atoms with van der Waals surface area (Å²) < 4.78 is 1.66. The summed E-state index contributed by atoms with van der Waals surface area (Å²) in [5.74, 6) is 0.703. The second-order valence-corrected chi connectivity index (χ2v) is 8.69. The zero-order valence-electron chi connectivity index (χ0n) is 14.0. The van der Waals surface area contributed by atoms with Crippen molar-refractivity contribution in [3.8, 4) is 10.4 Å². The van der Waals surface area contributed by atoms with E-state index in [0.29, 0.717) is 5.75 Å². The van der Waals surface area contributed by atoms with E-state index in [-0.39, 0.29) is 5.56 Å². The second kappa shape index (κ2) is 6.63. The van der Waals surface area contributed by atoms with E-state index in [1.165, 1.54) is 33.3 Å². The maximum Gasteiger partial charge on any atom is 0.262 e. The van der Waals surface area contributed by atoms with E-state index in [1.807, 2.05) is 13.0 Å². The van der Waals surface area contributed by atoms with E-state index in [0.717, 1.165) is 33.2 Å². The zero-order chi connectivity index (χ0) is 17.6. The first kappa shape index (κ1) is 16.9. The van der Waals surface area contributed by atoms with E-state index in [9.17, 15) is 4.79 Å². The lowest BCUT2D eigenvalue weighted by Crippen LogP contribution is -2.20. The van der Waals surface area contributed by atoms with Gasteiger partial charge in [0.05, 0.1) is 5.39 Å². The first-order valence-electron chi connectivity index (χ1n) is 8.12. The maximum atomic E-state index is 13.0. The minimum atomic E-state index is 0.0518. The van der Waals surface area contributed by atoms with Crippen LogP contribution in [-0.4, -0.2) is 15.3 Å². The molecule has 1 aliphatic rings. The number of benzene rings is 1. The Kier molecular flexibility index (Phi) is 4.48. The molecule has 0 fully saturated rings. The normalized spacial score (nSPS) is 13.8. The zero-order valence-corrected chi connectivity index (χ0v) is 16.4. The molecule has 0 aliphatic heterocycles. The lowest BCUT2D eigenvalue weighted by Gasteiger charge is -2.15. The average molecular weight is 389 g/mol. The van der Waals surface area contributed by atoms with Crippen LogP contribution in [0.2, 0.25) is 0 Å². The third kappa shape index (κ3) is 2.94. The van der Waals surface area contributed by atoms with Crippen molar-refractivity contribution in [3.05, 3.63) is 56.9 Å². The number of fused-ring (bicyclic) bond motifs is 5. The summed E-state index contributed by atoms with van der Waals surface area (Å²) in [6.07, 6.45) is 3.82. The molecule has 0 amide bonds. The Balaban J connectivity index is 1.87. The van der Waals surface area contributed by atoms with Crippen molar-refractivity contribution in [1.82, 2.24) is 9.55 Å². The van der Waals surface area contributed by atoms with Gasteiger partial charge in [0.2, 0.25) is 0 Å². The summed E-state index contributed by atoms with van der Waals surface area (Å²) in [5.41, 5.74) is 3.83. The van der Waals surface area contributed by atoms with Crippen LogP contribution in [0.3, 0.4) is 0 Å². The number of hydrogen-bond donors (Lipinski definition) is 0. The molecule has 2 heterocycles. The number of allylic oxidation sites excluding steroid dienone is 1. The molecule has 2 aromatic heterocycles. The minimum absolute atomic E-state index is 0.0518. The van der Waals surface area contributed by atoms with Gasteiger partial charge in [0, 0.05) is 22.7 Å². The van der Waals surface area contributed by atoms with E-state index in [1.54, 1.807) is 23.0 Å². The number of thiophene rings is 1. The van der Waals surface area contributed by atoms with Crippen molar-refractivity contribution in [2.45, 2.75) is 24.9 Å². The SMILES string of the molecule is CC(Cl)=CCSc1nc2sc3c(c2c(=O)n1C)CCc1ccccc1-3. The number of hydrogen-bond acceptors (Lipinski definition) is 4. The highest BCUT2D eigenvalue weighted by Crippen LogP contribution is 2.42. The summed E-state index contributed by atoms with van der Waals surface area (Å²) in [5, 5.41) is 2.28. The predicted octanol–water partition coefficient (Wildman–Crippen LogP) is 5.00. The Labute approximate surface area is 159 Å². The van der Waals surface area contributed by atoms with Crippen LogP contribution in [0.15, 0.2) is 45.3 Å². The highest BCUT2D eigenvalue weighted by atomic mass is 35.5. The molecule has 25 heavy (non-hydrogen) atoms. The lowest BCUT2D eigenvalue weighted by molar-refractivity contribution is 0.727. The van der Waals surface area contributed by atoms with Crippen LogP contribution in [0.5, 0.6) is 0 Å². The molecule has 0 N–H and O–H groups in total. The molecule has 0 saturated heterocycles. The van der Waals surface area contributed by atoms with Crippen LogP contribution in [-0.2, 0) is 19.9 Å². The van der Waals surface area contributed by atoms with Crippen molar-refractivity contribution in [3.63, 3.8) is 0 Å². The van der Waals surface area contributed by atoms with Gasteiger partial charge in [0.15, 0.2) is 5.16 Å². The van der Waals surface area contributed by atoms with Crippen molar-refractivity contribution < 1.29 is 0 Å². The van der Waals surface area contributed by atoms with E-state index >= 15 is 0 Å². The third-order valence-corrected chi connectivity index (χ3v) is 6.74. The summed E-state index contributed by atoms with van der Waals surface area (Å²) >= 11 is 9.06. The van der Waals surface area contributed by atoms with Crippen LogP contribution in [0.25, 0.3) is 20.7 Å². The van der Waals surface area contributed by atoms with E-state index in [2.05, 4.69) is 24.3 Å². The minimum Gasteiger partial charge on any atom is -0.290 e. The van der Waals surface area contributed by atoms with E-state index in [4.69, 9.17) is 16.6 Å². The molecule has 1 aliphatic carbocycles. The Hall–Kier alpha value is -1.56. The van der Waals surface area contributed by atoms with Gasteiger partial charge in [-0.05, 0) is 36.5 Å². The molecule has 3 aromatic rings. The highest BCUT2D eigenvalue weighted by molar-refractivity contribution is 7.99. The number of thioether (sulfide) groups is 1. The third-order valence-electron chi connectivity index (χ3n) is 4.47. The second-order valence-electron chi connectivity index (χ2n) is 6.11. The summed E-state index contributed by atoms with van der Waals surface area (Å²) in [6.45, 7) is 1.85. The topological polar surface area (TPSA) is 34.9 Å². The van der Waals surface area contributed by atoms with Gasteiger partial charge in [-0.2, -0.15) is 0 Å². The summed E-state index contributed by atoms with van der Waals surface area (Å²) in [6, 6.07) is 8.47. The van der Waals surface area contributed by atoms with Gasteiger partial charge < -0.3 is 0 Å². The first-order valence-corrected chi connectivity index (χ1v) is 10.3. The molecule has 0 bridgehead atoms. The fourth-order valence-electron chi connectivity index (χ4n) is 3.20. The Morgan fingerprint density at radius 2 is 2.20 bits per heavy atom. The number of halogens is 1. The molecule has 0 unspecified atom stereocenters. The molecule has 0 radical (unpaired) electrons. The van der Waals surface area contributed by atoms with Crippen LogP contribution < -0.4 is 5.56 Å². The Morgan fingerprint density at radius 1 is 1.40 bits per heavy atom. The average Bonchev–Trinajstić information content (AvgIpc) is 2.97. The molecule has 1 aromatic carbocycles. The molecule has 0 spiro atoms. The van der Waals surface area contributed by atoms with E-state index < -0.39 is 0 Å². The van der Waals surface area contributed by atoms with Crippen LogP contribution in [0, 0.1) is 0 Å². The predicted molar refractivity (Wildman–Crippen MR) is 108 cm³/mol. The molecular weight excluding hydrogens is 372 g/mol. The number of aryl methyl sites for hydroxylation is 2. The number of rotatable bonds is 3. The Morgan fingerprint density at radius 3 is 3.00 bits per heavy atom. The fraction of sp³-hybridized carbons (Fsp3) is 0.263. The Bertz CT molecular complexity index is 1060. The van der Waals surface area contributed by atoms with Crippen molar-refractivity contribution in [2.24, 2.45) is 7.05 Å². The van der Waals surface area contributed by atoms with Crippen LogP contribution in [0.1, 0.15) is 18.1 Å². The lowest BCUT2D eigenvalue weighted by atomic mass is 9.90. The van der Waals surface area contributed by atoms with Gasteiger partial charge >= 0.3 is 0 Å². The molecule has 6 heteroatoms. The molecule has 0 atom stereocenters. The van der Waals surface area contributed by atoms with Crippen molar-refractivity contribution in [2.75, 3.05) is 5.75 Å². The monoisotopic (exact) mass is 388 g/mol. The number of nitrogens with zero attached hydrogens (tertiary/aromatic N) is 2. The fourth-order valence-corrected chi connectivity index (χ4v) is 5.62. The number of aromatic nitrogens is 2. The van der Waals surface area contributed by atoms with Crippen molar-refractivity contribution in [1.29, 1.82) is 0 Å². The smallest absolute Gasteiger partial charge is 0.262 e. The molecule has 0 saturated carbocycles. The summed E-state index contributed by atoms with van der Waals surface area (Å²) in [7, 11) is 1.80. The van der Waals surface area contributed by atoms with Gasteiger partial charge in [0.1, 0.15) is 4.83 Å². The molecule has 3 nitrogen and oxygen atoms in total. The summed E-state index contributed by atoms with van der Waals surface area (Å²) in [4.78, 5) is 19.8. The molecule has 128 valence electrons. The van der Waals surface area contributed by atoms with Gasteiger partial charge in [-0.15, -0.1) is 11.3 Å². The van der Waals surface area contributed by atoms with Gasteiger partial charge in [0.25, 0.3) is 5.56 Å². The van der Waals surface area contributed by atoms with Gasteiger partial charge in [-0.25, -0.2) is 4.98 Å². The quantitative estimate of drug-likeness (QED) is 0.468. The standard InChI is InChI=1S/C19H17ClN2OS2/c1-11(20)9-10-24-19-21-17-15(18(23)22(19)2)14-8-7-12-5-3-4-6-13(12)16(14)25-17/h3-6,9H,7-8,10H2,1-2H3. The first-order chi connectivity index (χ1) is 12.1. The van der Waals surface area contributed by atoms with Gasteiger partial charge in [-0.3, -0.25) is 9.36 Å². The van der Waals surface area contributed by atoms with Crippen LogP contribution >= 0.6 is 34.7 Å². The molecule has 4 rings (SSSR count). The highest BCUT2D eigenvalue weighted by Gasteiger charge is 2.24. The van der Waals surface area contributed by atoms with Gasteiger partial charge in [-0.1, -0.05) is 53.7 Å². The van der Waals surface area contributed by atoms with Crippen LogP contribution in [0.4, 0.5) is 0 Å². The maximum absolute atomic E-state index is 13.0. The largest absolute Gasteiger partial charge is 0.290 e.